The topological polar surface area (TPSA) is 76.4 Å². The molecule has 0 radical (unpaired) electrons. The van der Waals surface area contributed by atoms with Crippen molar-refractivity contribution in [3.63, 3.8) is 0 Å². The second-order valence-electron chi connectivity index (χ2n) is 7.05. The maximum Gasteiger partial charge on any atom is 0.191 e. The molecule has 2 heterocycles. The van der Waals surface area contributed by atoms with Crippen LogP contribution < -0.4 is 15.4 Å². The van der Waals surface area contributed by atoms with Crippen LogP contribution in [0.25, 0.3) is 5.82 Å². The van der Waals surface area contributed by atoms with E-state index in [9.17, 15) is 0 Å². The normalized spacial score (nSPS) is 11.4. The minimum absolute atomic E-state index is 0.550. The van der Waals surface area contributed by atoms with Gasteiger partial charge in [-0.3, -0.25) is 0 Å². The highest BCUT2D eigenvalue weighted by atomic mass is 16.5. The smallest absolute Gasteiger partial charge is 0.191 e. The number of hydrogen-bond acceptors (Lipinski definition) is 4. The number of ether oxygens (including phenoxy) is 1. The van der Waals surface area contributed by atoms with Crippen LogP contribution in [-0.4, -0.2) is 40.9 Å². The van der Waals surface area contributed by atoms with E-state index < -0.39 is 0 Å². The Morgan fingerprint density at radius 3 is 2.63 bits per heavy atom. The third-order valence-corrected chi connectivity index (χ3v) is 4.68. The minimum Gasteiger partial charge on any atom is -0.496 e. The Balaban J connectivity index is 1.59. The van der Waals surface area contributed by atoms with E-state index >= 15 is 0 Å². The molecule has 0 unspecified atom stereocenters. The average Bonchev–Trinajstić information content (AvgIpc) is 3.10. The number of hydrogen-bond donors (Lipinski definition) is 2. The van der Waals surface area contributed by atoms with Crippen molar-refractivity contribution in [1.82, 2.24) is 25.4 Å². The number of rotatable bonds is 8. The first-order valence-electron chi connectivity index (χ1n) is 10.2. The van der Waals surface area contributed by atoms with Crippen molar-refractivity contribution in [2.24, 2.45) is 4.99 Å². The molecule has 0 atom stereocenters. The van der Waals surface area contributed by atoms with E-state index in [1.807, 2.05) is 61.1 Å². The second kappa shape index (κ2) is 10.4. The number of aromatic nitrogens is 3. The summed E-state index contributed by atoms with van der Waals surface area (Å²) in [5.41, 5.74) is 4.27. The molecule has 0 spiro atoms. The van der Waals surface area contributed by atoms with Gasteiger partial charge >= 0.3 is 0 Å². The Kier molecular flexibility index (Phi) is 7.43. The van der Waals surface area contributed by atoms with Crippen molar-refractivity contribution < 1.29 is 4.74 Å². The maximum absolute atomic E-state index is 5.42. The van der Waals surface area contributed by atoms with Crippen LogP contribution in [0.5, 0.6) is 5.75 Å². The molecule has 3 aromatic rings. The Labute approximate surface area is 178 Å². The summed E-state index contributed by atoms with van der Waals surface area (Å²) in [6.07, 6.45) is 2.71. The van der Waals surface area contributed by atoms with E-state index in [0.29, 0.717) is 6.54 Å². The number of pyridine rings is 1. The number of nitrogens with zero attached hydrogens (tertiary/aromatic N) is 4. The van der Waals surface area contributed by atoms with Gasteiger partial charge in [-0.15, -0.1) is 0 Å². The Bertz CT molecular complexity index is 978. The molecule has 0 amide bonds. The van der Waals surface area contributed by atoms with Crippen molar-refractivity contribution in [1.29, 1.82) is 0 Å². The Hall–Kier alpha value is -3.35. The summed E-state index contributed by atoms with van der Waals surface area (Å²) >= 11 is 0. The summed E-state index contributed by atoms with van der Waals surface area (Å²) in [5, 5.41) is 11.2. The third kappa shape index (κ3) is 5.59. The average molecular weight is 407 g/mol. The Morgan fingerprint density at radius 2 is 1.97 bits per heavy atom. The molecule has 7 nitrogen and oxygen atoms in total. The molecule has 158 valence electrons. The van der Waals surface area contributed by atoms with Gasteiger partial charge in [0.25, 0.3) is 0 Å². The van der Waals surface area contributed by atoms with Gasteiger partial charge in [-0.05, 0) is 56.5 Å². The molecule has 0 bridgehead atoms. The predicted octanol–water partition coefficient (Wildman–Crippen LogP) is 3.19. The van der Waals surface area contributed by atoms with E-state index in [1.54, 1.807) is 7.11 Å². The lowest BCUT2D eigenvalue weighted by Gasteiger charge is -2.13. The lowest BCUT2D eigenvalue weighted by atomic mass is 10.1. The first-order valence-corrected chi connectivity index (χ1v) is 10.2. The first kappa shape index (κ1) is 21.4. The van der Waals surface area contributed by atoms with Gasteiger partial charge in [0.15, 0.2) is 11.8 Å². The molecule has 2 aromatic heterocycles. The van der Waals surface area contributed by atoms with Crippen molar-refractivity contribution >= 4 is 5.96 Å². The molecule has 2 N–H and O–H groups in total. The first-order chi connectivity index (χ1) is 14.6. The molecule has 0 saturated heterocycles. The van der Waals surface area contributed by atoms with Gasteiger partial charge in [-0.2, -0.15) is 5.10 Å². The van der Waals surface area contributed by atoms with Crippen LogP contribution in [0, 0.1) is 13.8 Å². The highest BCUT2D eigenvalue weighted by Crippen LogP contribution is 2.17. The molecule has 0 aliphatic heterocycles. The van der Waals surface area contributed by atoms with Gasteiger partial charge in [0, 0.05) is 25.0 Å². The SMILES string of the molecule is CCNC(=NCc1ccc(-n2nc(C)cc2C)nc1)NCCc1ccccc1OC. The summed E-state index contributed by atoms with van der Waals surface area (Å²) in [6.45, 7) is 8.18. The monoisotopic (exact) mass is 406 g/mol. The van der Waals surface area contributed by atoms with Gasteiger partial charge in [-0.25, -0.2) is 14.7 Å². The van der Waals surface area contributed by atoms with E-state index in [2.05, 4.69) is 38.7 Å². The zero-order valence-electron chi connectivity index (χ0n) is 18.1. The summed E-state index contributed by atoms with van der Waals surface area (Å²) in [6, 6.07) is 14.1. The number of para-hydroxylation sites is 1. The summed E-state index contributed by atoms with van der Waals surface area (Å²) in [5.74, 6) is 2.51. The fraction of sp³-hybridized carbons (Fsp3) is 0.348. The van der Waals surface area contributed by atoms with Crippen molar-refractivity contribution in [3.05, 3.63) is 71.2 Å². The zero-order valence-corrected chi connectivity index (χ0v) is 18.1. The molecule has 0 aliphatic carbocycles. The molecule has 0 fully saturated rings. The highest BCUT2D eigenvalue weighted by Gasteiger charge is 2.06. The maximum atomic E-state index is 5.42. The lowest BCUT2D eigenvalue weighted by molar-refractivity contribution is 0.409. The quantitative estimate of drug-likeness (QED) is 0.444. The largest absolute Gasteiger partial charge is 0.496 e. The molecular formula is C23H30N6O. The number of guanidine groups is 1. The number of benzene rings is 1. The summed E-state index contributed by atoms with van der Waals surface area (Å²) < 4.78 is 7.27. The zero-order chi connectivity index (χ0) is 21.3. The van der Waals surface area contributed by atoms with Crippen molar-refractivity contribution in [2.45, 2.75) is 33.7 Å². The van der Waals surface area contributed by atoms with E-state index in [4.69, 9.17) is 4.74 Å². The third-order valence-electron chi connectivity index (χ3n) is 4.68. The van der Waals surface area contributed by atoms with E-state index in [0.717, 1.165) is 54.0 Å². The fourth-order valence-corrected chi connectivity index (χ4v) is 3.23. The number of methoxy groups -OCH3 is 1. The van der Waals surface area contributed by atoms with Crippen LogP contribution in [0.2, 0.25) is 0 Å². The van der Waals surface area contributed by atoms with Crippen LogP contribution >= 0.6 is 0 Å². The summed E-state index contributed by atoms with van der Waals surface area (Å²) in [4.78, 5) is 9.23. The number of aryl methyl sites for hydroxylation is 2. The van der Waals surface area contributed by atoms with E-state index in [-0.39, 0.29) is 0 Å². The van der Waals surface area contributed by atoms with Crippen LogP contribution in [0.3, 0.4) is 0 Å². The van der Waals surface area contributed by atoms with Gasteiger partial charge in [0.1, 0.15) is 5.75 Å². The van der Waals surface area contributed by atoms with Crippen LogP contribution in [0.15, 0.2) is 53.7 Å². The van der Waals surface area contributed by atoms with Crippen LogP contribution in [-0.2, 0) is 13.0 Å². The predicted molar refractivity (Wildman–Crippen MR) is 120 cm³/mol. The van der Waals surface area contributed by atoms with E-state index in [1.165, 1.54) is 5.56 Å². The van der Waals surface area contributed by atoms with Gasteiger partial charge in [0.05, 0.1) is 19.3 Å². The highest BCUT2D eigenvalue weighted by molar-refractivity contribution is 5.79. The molecule has 0 saturated carbocycles. The molecule has 30 heavy (non-hydrogen) atoms. The minimum atomic E-state index is 0.550. The van der Waals surface area contributed by atoms with Crippen molar-refractivity contribution in [2.75, 3.05) is 20.2 Å². The fourth-order valence-electron chi connectivity index (χ4n) is 3.23. The molecule has 3 rings (SSSR count). The van der Waals surface area contributed by atoms with Gasteiger partial charge in [0.2, 0.25) is 0 Å². The number of nitrogens with one attached hydrogen (secondary N) is 2. The van der Waals surface area contributed by atoms with Gasteiger partial charge < -0.3 is 15.4 Å². The standard InChI is InChI=1S/C23H30N6O/c1-5-24-23(25-13-12-20-8-6-7-9-21(20)30-4)27-16-19-10-11-22(26-15-19)29-18(3)14-17(2)28-29/h6-11,14-15H,5,12-13,16H2,1-4H3,(H2,24,25,27). The molecule has 0 aliphatic rings. The molecule has 7 heteroatoms. The van der Waals surface area contributed by atoms with Crippen LogP contribution in [0.4, 0.5) is 0 Å². The summed E-state index contributed by atoms with van der Waals surface area (Å²) in [7, 11) is 1.70. The number of aliphatic imine (C=N–C) groups is 1. The van der Waals surface area contributed by atoms with Crippen LogP contribution in [0.1, 0.15) is 29.4 Å². The Morgan fingerprint density at radius 1 is 1.13 bits per heavy atom. The lowest BCUT2D eigenvalue weighted by Crippen LogP contribution is -2.38. The van der Waals surface area contributed by atoms with Gasteiger partial charge in [-0.1, -0.05) is 24.3 Å². The molecule has 1 aromatic carbocycles. The van der Waals surface area contributed by atoms with Crippen molar-refractivity contribution in [3.8, 4) is 11.6 Å². The molecular weight excluding hydrogens is 376 g/mol. The second-order valence-corrected chi connectivity index (χ2v) is 7.05.